The Labute approximate surface area is 194 Å². The third-order valence-electron chi connectivity index (χ3n) is 7.14. The van der Waals surface area contributed by atoms with Gasteiger partial charge in [0.1, 0.15) is 0 Å². The van der Waals surface area contributed by atoms with Gasteiger partial charge in [-0.15, -0.1) is 0 Å². The lowest BCUT2D eigenvalue weighted by atomic mass is 9.63. The standard InChI is InChI=1S/C28H37ClN2/c1-23(2)31(21-18-24-10-5-3-6-11-24)20-9-19-28(22-30,25-12-7-4-8-13-25)26-14-16-27(29)17-15-26/h3,5-6,10-11,14-17,23,25H,4,7-9,12-13,18-21H2,1-2H3. The van der Waals surface area contributed by atoms with Gasteiger partial charge in [0, 0.05) is 17.6 Å². The average molecular weight is 437 g/mol. The quantitative estimate of drug-likeness (QED) is 0.387. The highest BCUT2D eigenvalue weighted by molar-refractivity contribution is 6.30. The van der Waals surface area contributed by atoms with Crippen molar-refractivity contribution in [1.29, 1.82) is 5.26 Å². The number of halogens is 1. The summed E-state index contributed by atoms with van der Waals surface area (Å²) < 4.78 is 0. The first kappa shape index (κ1) is 23.8. The van der Waals surface area contributed by atoms with Gasteiger partial charge in [-0.2, -0.15) is 5.26 Å². The molecule has 3 rings (SSSR count). The summed E-state index contributed by atoms with van der Waals surface area (Å²) in [5.41, 5.74) is 2.15. The van der Waals surface area contributed by atoms with Crippen LogP contribution < -0.4 is 0 Å². The summed E-state index contributed by atoms with van der Waals surface area (Å²) in [6.45, 7) is 6.66. The first-order valence-corrected chi connectivity index (χ1v) is 12.4. The summed E-state index contributed by atoms with van der Waals surface area (Å²) in [4.78, 5) is 2.57. The number of hydrogen-bond donors (Lipinski definition) is 0. The van der Waals surface area contributed by atoms with E-state index >= 15 is 0 Å². The van der Waals surface area contributed by atoms with Gasteiger partial charge < -0.3 is 4.90 Å². The summed E-state index contributed by atoms with van der Waals surface area (Å²) in [6, 6.07) is 22.1. The van der Waals surface area contributed by atoms with Gasteiger partial charge in [-0.05, 0) is 81.7 Å². The van der Waals surface area contributed by atoms with Crippen molar-refractivity contribution in [3.63, 3.8) is 0 Å². The lowest BCUT2D eigenvalue weighted by molar-refractivity contribution is 0.194. The molecule has 2 aromatic rings. The van der Waals surface area contributed by atoms with E-state index in [1.54, 1.807) is 0 Å². The largest absolute Gasteiger partial charge is 0.301 e. The van der Waals surface area contributed by atoms with E-state index in [0.29, 0.717) is 12.0 Å². The number of hydrogen-bond acceptors (Lipinski definition) is 2. The molecule has 0 amide bonds. The minimum absolute atomic E-state index is 0.396. The predicted octanol–water partition coefficient (Wildman–Crippen LogP) is 7.41. The van der Waals surface area contributed by atoms with Gasteiger partial charge >= 0.3 is 0 Å². The molecule has 0 N–H and O–H groups in total. The van der Waals surface area contributed by atoms with Crippen molar-refractivity contribution in [3.8, 4) is 6.07 Å². The molecule has 1 aliphatic rings. The van der Waals surface area contributed by atoms with Crippen molar-refractivity contribution in [2.75, 3.05) is 13.1 Å². The summed E-state index contributed by atoms with van der Waals surface area (Å²) in [7, 11) is 0. The molecule has 0 saturated heterocycles. The van der Waals surface area contributed by atoms with Crippen molar-refractivity contribution in [2.45, 2.75) is 76.7 Å². The molecule has 0 spiro atoms. The zero-order valence-electron chi connectivity index (χ0n) is 19.2. The molecule has 0 radical (unpaired) electrons. The van der Waals surface area contributed by atoms with Gasteiger partial charge in [0.2, 0.25) is 0 Å². The van der Waals surface area contributed by atoms with Crippen LogP contribution in [0.25, 0.3) is 0 Å². The van der Waals surface area contributed by atoms with Crippen LogP contribution in [-0.4, -0.2) is 24.0 Å². The molecule has 1 fully saturated rings. The summed E-state index contributed by atoms with van der Waals surface area (Å²) in [5.74, 6) is 0.448. The molecule has 0 heterocycles. The van der Waals surface area contributed by atoms with E-state index in [9.17, 15) is 5.26 Å². The highest BCUT2D eigenvalue weighted by atomic mass is 35.5. The fourth-order valence-corrected chi connectivity index (χ4v) is 5.37. The highest BCUT2D eigenvalue weighted by Crippen LogP contribution is 2.44. The van der Waals surface area contributed by atoms with E-state index in [1.807, 2.05) is 12.1 Å². The van der Waals surface area contributed by atoms with Crippen LogP contribution in [-0.2, 0) is 11.8 Å². The van der Waals surface area contributed by atoms with Crippen LogP contribution in [0.4, 0.5) is 0 Å². The molecule has 2 aromatic carbocycles. The van der Waals surface area contributed by atoms with E-state index < -0.39 is 5.41 Å². The summed E-state index contributed by atoms with van der Waals surface area (Å²) in [5, 5.41) is 11.2. The van der Waals surface area contributed by atoms with E-state index in [2.05, 4.69) is 67.3 Å². The second-order valence-electron chi connectivity index (χ2n) is 9.39. The van der Waals surface area contributed by atoms with Gasteiger partial charge in [-0.1, -0.05) is 73.3 Å². The molecule has 0 bridgehead atoms. The first-order valence-electron chi connectivity index (χ1n) is 12.0. The van der Waals surface area contributed by atoms with E-state index in [1.165, 1.54) is 24.8 Å². The van der Waals surface area contributed by atoms with Gasteiger partial charge in [-0.25, -0.2) is 0 Å². The number of rotatable bonds is 10. The Balaban J connectivity index is 1.69. The number of nitriles is 1. The third-order valence-corrected chi connectivity index (χ3v) is 7.39. The molecule has 1 atom stereocenters. The van der Waals surface area contributed by atoms with Crippen molar-refractivity contribution >= 4 is 11.6 Å². The van der Waals surface area contributed by atoms with Crippen LogP contribution >= 0.6 is 11.6 Å². The van der Waals surface area contributed by atoms with Gasteiger partial charge in [0.05, 0.1) is 11.5 Å². The smallest absolute Gasteiger partial charge is 0.0850 e. The molecule has 1 saturated carbocycles. The zero-order chi connectivity index (χ0) is 22.1. The van der Waals surface area contributed by atoms with Crippen LogP contribution in [0.2, 0.25) is 5.02 Å². The van der Waals surface area contributed by atoms with Crippen molar-refractivity contribution in [2.24, 2.45) is 5.92 Å². The minimum Gasteiger partial charge on any atom is -0.301 e. The fourth-order valence-electron chi connectivity index (χ4n) is 5.25. The number of nitrogens with zero attached hydrogens (tertiary/aromatic N) is 2. The second kappa shape index (κ2) is 11.7. The maximum atomic E-state index is 10.5. The molecule has 3 heteroatoms. The zero-order valence-corrected chi connectivity index (χ0v) is 20.0. The summed E-state index contributed by atoms with van der Waals surface area (Å²) in [6.07, 6.45) is 9.16. The Hall–Kier alpha value is -1.82. The molecule has 1 unspecified atom stereocenters. The Bertz CT molecular complexity index is 818. The highest BCUT2D eigenvalue weighted by Gasteiger charge is 2.40. The van der Waals surface area contributed by atoms with E-state index in [4.69, 9.17) is 11.6 Å². The molecule has 166 valence electrons. The van der Waals surface area contributed by atoms with Crippen LogP contribution in [0.3, 0.4) is 0 Å². The SMILES string of the molecule is CC(C)N(CCCC(C#N)(c1ccc(Cl)cc1)C1CCCCC1)CCc1ccccc1. The topological polar surface area (TPSA) is 27.0 Å². The fraction of sp³-hybridized carbons (Fsp3) is 0.536. The first-order chi connectivity index (χ1) is 15.0. The van der Waals surface area contributed by atoms with Crippen molar-refractivity contribution in [1.82, 2.24) is 4.90 Å². The number of benzene rings is 2. The van der Waals surface area contributed by atoms with Crippen LogP contribution in [0.5, 0.6) is 0 Å². The van der Waals surface area contributed by atoms with E-state index in [0.717, 1.165) is 55.8 Å². The van der Waals surface area contributed by atoms with Crippen molar-refractivity contribution in [3.05, 3.63) is 70.7 Å². The van der Waals surface area contributed by atoms with E-state index in [-0.39, 0.29) is 0 Å². The Morgan fingerprint density at radius 3 is 2.29 bits per heavy atom. The molecule has 2 nitrogen and oxygen atoms in total. The minimum atomic E-state index is -0.396. The lowest BCUT2D eigenvalue weighted by Gasteiger charge is -2.39. The second-order valence-corrected chi connectivity index (χ2v) is 9.83. The Morgan fingerprint density at radius 2 is 1.68 bits per heavy atom. The third kappa shape index (κ3) is 6.34. The normalized spacial score (nSPS) is 16.9. The van der Waals surface area contributed by atoms with Gasteiger partial charge in [-0.3, -0.25) is 0 Å². The molecular weight excluding hydrogens is 400 g/mol. The molecule has 1 aliphatic carbocycles. The molecule has 31 heavy (non-hydrogen) atoms. The van der Waals surface area contributed by atoms with Gasteiger partial charge in [0.25, 0.3) is 0 Å². The lowest BCUT2D eigenvalue weighted by Crippen LogP contribution is -2.38. The summed E-state index contributed by atoms with van der Waals surface area (Å²) >= 11 is 6.17. The molecular formula is C28H37ClN2. The maximum absolute atomic E-state index is 10.5. The van der Waals surface area contributed by atoms with Crippen LogP contribution in [0, 0.1) is 17.2 Å². The van der Waals surface area contributed by atoms with Gasteiger partial charge in [0.15, 0.2) is 0 Å². The van der Waals surface area contributed by atoms with Crippen LogP contribution in [0.1, 0.15) is 69.9 Å². The molecule has 0 aliphatic heterocycles. The monoisotopic (exact) mass is 436 g/mol. The predicted molar refractivity (Wildman–Crippen MR) is 131 cm³/mol. The Morgan fingerprint density at radius 1 is 1.00 bits per heavy atom. The molecule has 0 aromatic heterocycles. The van der Waals surface area contributed by atoms with Crippen LogP contribution in [0.15, 0.2) is 54.6 Å². The maximum Gasteiger partial charge on any atom is 0.0850 e. The Kier molecular flexibility index (Phi) is 9.00. The van der Waals surface area contributed by atoms with Crippen molar-refractivity contribution < 1.29 is 0 Å². The average Bonchev–Trinajstić information content (AvgIpc) is 2.80.